The van der Waals surface area contributed by atoms with Gasteiger partial charge in [-0.05, 0) is 24.9 Å². The Balaban J connectivity index is 1.45. The SMILES string of the molecule is c1ccc(CN2CCCC(c3nc(-c4cnc[nH]4)no3)C2)cc1. The molecule has 1 saturated heterocycles. The molecule has 23 heavy (non-hydrogen) atoms. The van der Waals surface area contributed by atoms with Crippen molar-refractivity contribution in [2.24, 2.45) is 0 Å². The molecule has 0 amide bonds. The monoisotopic (exact) mass is 309 g/mol. The summed E-state index contributed by atoms with van der Waals surface area (Å²) in [6.45, 7) is 3.05. The molecular formula is C17H19N5O. The fourth-order valence-electron chi connectivity index (χ4n) is 3.13. The van der Waals surface area contributed by atoms with Crippen LogP contribution in [-0.2, 0) is 6.54 Å². The van der Waals surface area contributed by atoms with Gasteiger partial charge in [0.05, 0.1) is 18.4 Å². The van der Waals surface area contributed by atoms with Gasteiger partial charge in [-0.2, -0.15) is 4.98 Å². The molecular weight excluding hydrogens is 290 g/mol. The van der Waals surface area contributed by atoms with Gasteiger partial charge < -0.3 is 9.51 Å². The van der Waals surface area contributed by atoms with Gasteiger partial charge in [0.25, 0.3) is 0 Å². The van der Waals surface area contributed by atoms with Crippen molar-refractivity contribution in [3.63, 3.8) is 0 Å². The highest BCUT2D eigenvalue weighted by atomic mass is 16.5. The molecule has 1 fully saturated rings. The molecule has 0 aliphatic carbocycles. The highest BCUT2D eigenvalue weighted by molar-refractivity contribution is 5.45. The zero-order valence-electron chi connectivity index (χ0n) is 12.9. The average Bonchev–Trinajstić information content (AvgIpc) is 3.28. The normalized spacial score (nSPS) is 19.0. The van der Waals surface area contributed by atoms with Gasteiger partial charge in [-0.3, -0.25) is 4.90 Å². The van der Waals surface area contributed by atoms with Crippen LogP contribution in [0.25, 0.3) is 11.5 Å². The standard InChI is InChI=1S/C17H19N5O/c1-2-5-13(6-3-1)10-22-8-4-7-14(11-22)17-20-16(21-23-17)15-9-18-12-19-15/h1-3,5-6,9,12,14H,4,7-8,10-11H2,(H,18,19). The van der Waals surface area contributed by atoms with E-state index in [0.717, 1.165) is 44.1 Å². The minimum absolute atomic E-state index is 0.302. The maximum absolute atomic E-state index is 5.49. The highest BCUT2D eigenvalue weighted by Crippen LogP contribution is 2.27. The van der Waals surface area contributed by atoms with Crippen LogP contribution >= 0.6 is 0 Å². The Morgan fingerprint density at radius 1 is 1.26 bits per heavy atom. The van der Waals surface area contributed by atoms with E-state index < -0.39 is 0 Å². The van der Waals surface area contributed by atoms with Crippen LogP contribution in [-0.4, -0.2) is 38.1 Å². The van der Waals surface area contributed by atoms with E-state index in [2.05, 4.69) is 55.3 Å². The fourth-order valence-corrected chi connectivity index (χ4v) is 3.13. The summed E-state index contributed by atoms with van der Waals surface area (Å²) in [7, 11) is 0. The second kappa shape index (κ2) is 6.34. The lowest BCUT2D eigenvalue weighted by Crippen LogP contribution is -2.34. The van der Waals surface area contributed by atoms with E-state index in [9.17, 15) is 0 Å². The van der Waals surface area contributed by atoms with Gasteiger partial charge in [0, 0.05) is 13.1 Å². The van der Waals surface area contributed by atoms with Crippen molar-refractivity contribution in [2.45, 2.75) is 25.3 Å². The predicted molar refractivity (Wildman–Crippen MR) is 85.6 cm³/mol. The maximum atomic E-state index is 5.49. The first-order valence-electron chi connectivity index (χ1n) is 7.97. The van der Waals surface area contributed by atoms with Gasteiger partial charge in [0.2, 0.25) is 11.7 Å². The molecule has 4 rings (SSSR count). The maximum Gasteiger partial charge on any atom is 0.231 e. The summed E-state index contributed by atoms with van der Waals surface area (Å²) in [6, 6.07) is 10.6. The lowest BCUT2D eigenvalue weighted by molar-refractivity contribution is 0.180. The van der Waals surface area contributed by atoms with E-state index in [1.807, 2.05) is 0 Å². The second-order valence-electron chi connectivity index (χ2n) is 5.98. The lowest BCUT2D eigenvalue weighted by atomic mass is 9.97. The number of benzene rings is 1. The summed E-state index contributed by atoms with van der Waals surface area (Å²) in [4.78, 5) is 14.0. The number of rotatable bonds is 4. The summed E-state index contributed by atoms with van der Waals surface area (Å²) < 4.78 is 5.49. The van der Waals surface area contributed by atoms with E-state index in [1.165, 1.54) is 5.56 Å². The van der Waals surface area contributed by atoms with Crippen LogP contribution in [0.5, 0.6) is 0 Å². The molecule has 0 bridgehead atoms. The minimum Gasteiger partial charge on any atom is -0.342 e. The number of hydrogen-bond donors (Lipinski definition) is 1. The summed E-state index contributed by atoms with van der Waals surface area (Å²) >= 11 is 0. The zero-order valence-corrected chi connectivity index (χ0v) is 12.9. The Morgan fingerprint density at radius 2 is 2.17 bits per heavy atom. The highest BCUT2D eigenvalue weighted by Gasteiger charge is 2.26. The topological polar surface area (TPSA) is 70.8 Å². The van der Waals surface area contributed by atoms with Crippen LogP contribution in [0.4, 0.5) is 0 Å². The number of aromatic nitrogens is 4. The number of piperidine rings is 1. The number of nitrogens with zero attached hydrogens (tertiary/aromatic N) is 4. The third-order valence-electron chi connectivity index (χ3n) is 4.28. The quantitative estimate of drug-likeness (QED) is 0.802. The third kappa shape index (κ3) is 3.17. The Labute approximate surface area is 134 Å². The number of nitrogens with one attached hydrogen (secondary N) is 1. The molecule has 3 heterocycles. The van der Waals surface area contributed by atoms with E-state index in [-0.39, 0.29) is 0 Å². The Morgan fingerprint density at radius 3 is 3.00 bits per heavy atom. The molecule has 2 aromatic heterocycles. The van der Waals surface area contributed by atoms with Gasteiger partial charge in [-0.1, -0.05) is 35.5 Å². The number of H-pyrrole nitrogens is 1. The summed E-state index contributed by atoms with van der Waals surface area (Å²) in [6.07, 6.45) is 5.57. The van der Waals surface area contributed by atoms with E-state index in [4.69, 9.17) is 4.52 Å². The molecule has 0 radical (unpaired) electrons. The van der Waals surface area contributed by atoms with Crippen molar-refractivity contribution < 1.29 is 4.52 Å². The first-order chi connectivity index (χ1) is 11.4. The van der Waals surface area contributed by atoms with Crippen LogP contribution in [0.1, 0.15) is 30.2 Å². The average molecular weight is 309 g/mol. The lowest BCUT2D eigenvalue weighted by Gasteiger charge is -2.30. The molecule has 3 aromatic rings. The molecule has 1 aliphatic heterocycles. The Bertz CT molecular complexity index is 737. The van der Waals surface area contributed by atoms with Gasteiger partial charge in [-0.15, -0.1) is 0 Å². The molecule has 1 atom stereocenters. The van der Waals surface area contributed by atoms with Crippen molar-refractivity contribution in [2.75, 3.05) is 13.1 Å². The van der Waals surface area contributed by atoms with Gasteiger partial charge in [-0.25, -0.2) is 4.98 Å². The summed E-state index contributed by atoms with van der Waals surface area (Å²) in [5.41, 5.74) is 2.13. The molecule has 6 nitrogen and oxygen atoms in total. The van der Waals surface area contributed by atoms with Crippen molar-refractivity contribution in [1.29, 1.82) is 0 Å². The van der Waals surface area contributed by atoms with Crippen LogP contribution < -0.4 is 0 Å². The smallest absolute Gasteiger partial charge is 0.231 e. The number of aromatic amines is 1. The fraction of sp³-hybridized carbons (Fsp3) is 0.353. The third-order valence-corrected chi connectivity index (χ3v) is 4.28. The zero-order chi connectivity index (χ0) is 15.5. The van der Waals surface area contributed by atoms with E-state index in [1.54, 1.807) is 12.5 Å². The Hall–Kier alpha value is -2.47. The first-order valence-corrected chi connectivity index (χ1v) is 7.97. The molecule has 0 saturated carbocycles. The van der Waals surface area contributed by atoms with Crippen LogP contribution in [0.2, 0.25) is 0 Å². The van der Waals surface area contributed by atoms with Crippen LogP contribution in [0.3, 0.4) is 0 Å². The number of hydrogen-bond acceptors (Lipinski definition) is 5. The molecule has 1 N–H and O–H groups in total. The molecule has 1 aromatic carbocycles. The van der Waals surface area contributed by atoms with Gasteiger partial charge in [0.1, 0.15) is 5.69 Å². The number of likely N-dealkylation sites (tertiary alicyclic amines) is 1. The first kappa shape index (κ1) is 14.1. The molecule has 118 valence electrons. The summed E-state index contributed by atoms with van der Waals surface area (Å²) in [5.74, 6) is 1.61. The van der Waals surface area contributed by atoms with Crippen molar-refractivity contribution >= 4 is 0 Å². The van der Waals surface area contributed by atoms with E-state index in [0.29, 0.717) is 11.7 Å². The molecule has 0 spiro atoms. The number of imidazole rings is 1. The second-order valence-corrected chi connectivity index (χ2v) is 5.98. The van der Waals surface area contributed by atoms with Crippen molar-refractivity contribution in [1.82, 2.24) is 25.0 Å². The Kier molecular flexibility index (Phi) is 3.90. The largest absolute Gasteiger partial charge is 0.342 e. The summed E-state index contributed by atoms with van der Waals surface area (Å²) in [5, 5.41) is 4.07. The van der Waals surface area contributed by atoms with E-state index >= 15 is 0 Å². The van der Waals surface area contributed by atoms with Crippen LogP contribution in [0.15, 0.2) is 47.4 Å². The van der Waals surface area contributed by atoms with Gasteiger partial charge >= 0.3 is 0 Å². The van der Waals surface area contributed by atoms with Crippen molar-refractivity contribution in [3.05, 3.63) is 54.3 Å². The molecule has 1 unspecified atom stereocenters. The molecule has 1 aliphatic rings. The van der Waals surface area contributed by atoms with Crippen molar-refractivity contribution in [3.8, 4) is 11.5 Å². The van der Waals surface area contributed by atoms with Crippen LogP contribution in [0, 0.1) is 0 Å². The minimum atomic E-state index is 0.302. The van der Waals surface area contributed by atoms with Gasteiger partial charge in [0.15, 0.2) is 0 Å². The molecule has 6 heteroatoms. The predicted octanol–water partition coefficient (Wildman–Crippen LogP) is 2.84.